The van der Waals surface area contributed by atoms with Crippen LogP contribution in [0.25, 0.3) is 0 Å². The minimum absolute atomic E-state index is 0.949. The summed E-state index contributed by atoms with van der Waals surface area (Å²) in [6.07, 6.45) is 3.86. The summed E-state index contributed by atoms with van der Waals surface area (Å²) in [4.78, 5) is 2.34. The van der Waals surface area contributed by atoms with Gasteiger partial charge in [0, 0.05) is 12.1 Å². The first kappa shape index (κ1) is 12.2. The van der Waals surface area contributed by atoms with Gasteiger partial charge in [0.2, 0.25) is 0 Å². The van der Waals surface area contributed by atoms with Crippen LogP contribution in [-0.2, 0) is 6.54 Å². The van der Waals surface area contributed by atoms with Crippen molar-refractivity contribution in [3.05, 3.63) is 17.0 Å². The Morgan fingerprint density at radius 2 is 2.00 bits per heavy atom. The molecular formula is C12H22N2O. The zero-order valence-electron chi connectivity index (χ0n) is 10.3. The number of unbranched alkanes of at least 4 members (excludes halogenated alkanes) is 2. The summed E-state index contributed by atoms with van der Waals surface area (Å²) in [5, 5.41) is 3.96. The van der Waals surface area contributed by atoms with Crippen molar-refractivity contribution in [1.29, 1.82) is 0 Å². The lowest BCUT2D eigenvalue weighted by atomic mass is 10.2. The average molecular weight is 210 g/mol. The maximum Gasteiger partial charge on any atom is 0.138 e. The molecule has 0 aliphatic rings. The van der Waals surface area contributed by atoms with E-state index in [4.69, 9.17) is 4.52 Å². The Morgan fingerprint density at radius 1 is 1.27 bits per heavy atom. The van der Waals surface area contributed by atoms with E-state index in [2.05, 4.69) is 24.0 Å². The van der Waals surface area contributed by atoms with E-state index < -0.39 is 0 Å². The van der Waals surface area contributed by atoms with Gasteiger partial charge in [-0.05, 0) is 33.9 Å². The van der Waals surface area contributed by atoms with Gasteiger partial charge < -0.3 is 9.42 Å². The molecule has 1 aromatic heterocycles. The molecular weight excluding hydrogens is 188 g/mol. The zero-order chi connectivity index (χ0) is 11.3. The predicted octanol–water partition coefficient (Wildman–Crippen LogP) is 2.91. The molecule has 0 aromatic carbocycles. The molecule has 0 fully saturated rings. The molecule has 0 saturated heterocycles. The molecule has 0 radical (unpaired) electrons. The Labute approximate surface area is 92.4 Å². The fourth-order valence-corrected chi connectivity index (χ4v) is 1.71. The first-order valence-electron chi connectivity index (χ1n) is 5.75. The number of rotatable bonds is 6. The molecule has 1 heterocycles. The van der Waals surface area contributed by atoms with Gasteiger partial charge in [-0.2, -0.15) is 0 Å². The van der Waals surface area contributed by atoms with E-state index in [1.54, 1.807) is 0 Å². The fourth-order valence-electron chi connectivity index (χ4n) is 1.71. The summed E-state index contributed by atoms with van der Waals surface area (Å²) in [6, 6.07) is 0. The first-order valence-corrected chi connectivity index (χ1v) is 5.75. The van der Waals surface area contributed by atoms with Crippen molar-refractivity contribution in [1.82, 2.24) is 10.1 Å². The molecule has 0 aliphatic carbocycles. The molecule has 0 aliphatic heterocycles. The molecule has 15 heavy (non-hydrogen) atoms. The average Bonchev–Trinajstić information content (AvgIpc) is 2.50. The second-order valence-corrected chi connectivity index (χ2v) is 4.25. The predicted molar refractivity (Wildman–Crippen MR) is 61.8 cm³/mol. The van der Waals surface area contributed by atoms with Crippen LogP contribution in [0, 0.1) is 13.8 Å². The second kappa shape index (κ2) is 5.91. The highest BCUT2D eigenvalue weighted by Gasteiger charge is 2.10. The summed E-state index contributed by atoms with van der Waals surface area (Å²) in [5.74, 6) is 0.954. The Kier molecular flexibility index (Phi) is 4.82. The summed E-state index contributed by atoms with van der Waals surface area (Å²) in [6.45, 7) is 8.32. The van der Waals surface area contributed by atoms with Crippen molar-refractivity contribution in [3.8, 4) is 0 Å². The van der Waals surface area contributed by atoms with E-state index in [1.807, 2.05) is 13.8 Å². The van der Waals surface area contributed by atoms with Gasteiger partial charge in [-0.15, -0.1) is 0 Å². The normalized spacial score (nSPS) is 11.3. The van der Waals surface area contributed by atoms with Crippen LogP contribution in [0.2, 0.25) is 0 Å². The Balaban J connectivity index is 2.40. The zero-order valence-corrected chi connectivity index (χ0v) is 10.3. The molecule has 0 N–H and O–H groups in total. The molecule has 0 spiro atoms. The molecule has 0 bridgehead atoms. The monoisotopic (exact) mass is 210 g/mol. The van der Waals surface area contributed by atoms with Crippen molar-refractivity contribution in [2.24, 2.45) is 0 Å². The first-order chi connectivity index (χ1) is 7.15. The quantitative estimate of drug-likeness (QED) is 0.676. The highest BCUT2D eigenvalue weighted by atomic mass is 16.5. The van der Waals surface area contributed by atoms with Crippen molar-refractivity contribution < 1.29 is 4.52 Å². The van der Waals surface area contributed by atoms with E-state index in [1.165, 1.54) is 24.8 Å². The second-order valence-electron chi connectivity index (χ2n) is 4.25. The van der Waals surface area contributed by atoms with E-state index >= 15 is 0 Å². The molecule has 0 amide bonds. The van der Waals surface area contributed by atoms with Gasteiger partial charge in [0.15, 0.2) is 0 Å². The number of hydrogen-bond donors (Lipinski definition) is 0. The highest BCUT2D eigenvalue weighted by molar-refractivity contribution is 5.20. The lowest BCUT2D eigenvalue weighted by molar-refractivity contribution is 0.314. The van der Waals surface area contributed by atoms with Crippen LogP contribution < -0.4 is 0 Å². The van der Waals surface area contributed by atoms with Crippen molar-refractivity contribution in [2.75, 3.05) is 13.6 Å². The van der Waals surface area contributed by atoms with E-state index in [0.29, 0.717) is 0 Å². The van der Waals surface area contributed by atoms with Gasteiger partial charge in [0.1, 0.15) is 5.76 Å². The topological polar surface area (TPSA) is 29.3 Å². The lowest BCUT2D eigenvalue weighted by Crippen LogP contribution is -2.19. The van der Waals surface area contributed by atoms with Crippen LogP contribution in [0.3, 0.4) is 0 Å². The molecule has 0 unspecified atom stereocenters. The number of aromatic nitrogens is 1. The maximum absolute atomic E-state index is 5.15. The minimum Gasteiger partial charge on any atom is -0.361 e. The molecule has 3 heteroatoms. The van der Waals surface area contributed by atoms with Crippen LogP contribution in [-0.4, -0.2) is 23.6 Å². The van der Waals surface area contributed by atoms with Gasteiger partial charge >= 0.3 is 0 Å². The molecule has 0 saturated carbocycles. The number of nitrogens with zero attached hydrogens (tertiary/aromatic N) is 2. The Hall–Kier alpha value is -0.830. The van der Waals surface area contributed by atoms with Gasteiger partial charge in [-0.25, -0.2) is 0 Å². The third kappa shape index (κ3) is 3.67. The summed E-state index contributed by atoms with van der Waals surface area (Å²) in [5.41, 5.74) is 2.27. The van der Waals surface area contributed by atoms with Gasteiger partial charge in [-0.3, -0.25) is 0 Å². The van der Waals surface area contributed by atoms with Crippen LogP contribution in [0.5, 0.6) is 0 Å². The Morgan fingerprint density at radius 3 is 2.53 bits per heavy atom. The molecule has 1 rings (SSSR count). The highest BCUT2D eigenvalue weighted by Crippen LogP contribution is 2.14. The number of aryl methyl sites for hydroxylation is 2. The molecule has 3 nitrogen and oxygen atoms in total. The van der Waals surface area contributed by atoms with Crippen molar-refractivity contribution >= 4 is 0 Å². The number of hydrogen-bond acceptors (Lipinski definition) is 3. The van der Waals surface area contributed by atoms with E-state index in [0.717, 1.165) is 24.5 Å². The standard InChI is InChI=1S/C12H22N2O/c1-5-6-7-8-14(4)9-12-10(2)13-15-11(12)3/h5-9H2,1-4H3. The van der Waals surface area contributed by atoms with Crippen molar-refractivity contribution in [3.63, 3.8) is 0 Å². The smallest absolute Gasteiger partial charge is 0.138 e. The third-order valence-electron chi connectivity index (χ3n) is 2.75. The van der Waals surface area contributed by atoms with Crippen LogP contribution in [0.15, 0.2) is 4.52 Å². The fraction of sp³-hybridized carbons (Fsp3) is 0.750. The third-order valence-corrected chi connectivity index (χ3v) is 2.75. The summed E-state index contributed by atoms with van der Waals surface area (Å²) < 4.78 is 5.15. The molecule has 1 aromatic rings. The van der Waals surface area contributed by atoms with Crippen LogP contribution in [0.1, 0.15) is 43.2 Å². The molecule has 86 valence electrons. The maximum atomic E-state index is 5.15. The van der Waals surface area contributed by atoms with Gasteiger partial charge in [0.25, 0.3) is 0 Å². The summed E-state index contributed by atoms with van der Waals surface area (Å²) >= 11 is 0. The lowest BCUT2D eigenvalue weighted by Gasteiger charge is -2.15. The van der Waals surface area contributed by atoms with Crippen LogP contribution >= 0.6 is 0 Å². The Bertz CT molecular complexity index is 274. The van der Waals surface area contributed by atoms with Gasteiger partial charge in [-0.1, -0.05) is 24.9 Å². The SMILES string of the molecule is CCCCCN(C)Cc1c(C)noc1C. The molecule has 0 atom stereocenters. The van der Waals surface area contributed by atoms with Crippen molar-refractivity contribution in [2.45, 2.75) is 46.6 Å². The van der Waals surface area contributed by atoms with Gasteiger partial charge in [0.05, 0.1) is 5.69 Å². The van der Waals surface area contributed by atoms with Crippen LogP contribution in [0.4, 0.5) is 0 Å². The minimum atomic E-state index is 0.949. The van der Waals surface area contributed by atoms with E-state index in [9.17, 15) is 0 Å². The summed E-state index contributed by atoms with van der Waals surface area (Å²) in [7, 11) is 2.15. The van der Waals surface area contributed by atoms with E-state index in [-0.39, 0.29) is 0 Å². The largest absolute Gasteiger partial charge is 0.361 e.